The summed E-state index contributed by atoms with van der Waals surface area (Å²) in [7, 11) is 0. The van der Waals surface area contributed by atoms with Gasteiger partial charge < -0.3 is 19.5 Å². The minimum Gasteiger partial charge on any atom is -0.490 e. The number of carbonyl (C=O) groups excluding carboxylic acids is 2. The molecule has 0 saturated carbocycles. The van der Waals surface area contributed by atoms with Crippen molar-refractivity contribution in [2.24, 2.45) is 0 Å². The van der Waals surface area contributed by atoms with Crippen molar-refractivity contribution >= 4 is 17.9 Å². The predicted molar refractivity (Wildman–Crippen MR) is 88.0 cm³/mol. The Bertz CT molecular complexity index is 727. The smallest absolute Gasteiger partial charge is 0.262 e. The van der Waals surface area contributed by atoms with Crippen LogP contribution < -0.4 is 19.5 Å². The average Bonchev–Trinajstić information content (AvgIpc) is 2.85. The first-order valence-electron chi connectivity index (χ1n) is 7.62. The van der Waals surface area contributed by atoms with Gasteiger partial charge in [0, 0.05) is 23.7 Å². The molecule has 0 bridgehead atoms. The van der Waals surface area contributed by atoms with E-state index in [2.05, 4.69) is 5.32 Å². The first-order valence-corrected chi connectivity index (χ1v) is 7.62. The van der Waals surface area contributed by atoms with Gasteiger partial charge in [-0.05, 0) is 36.4 Å². The topological polar surface area (TPSA) is 73.9 Å². The zero-order valence-electron chi connectivity index (χ0n) is 13.0. The lowest BCUT2D eigenvalue weighted by Gasteiger charge is -2.11. The summed E-state index contributed by atoms with van der Waals surface area (Å²) in [6.07, 6.45) is 1.58. The number of rotatable bonds is 5. The second kappa shape index (κ2) is 7.50. The normalized spacial score (nSPS) is 12.8. The van der Waals surface area contributed by atoms with Crippen LogP contribution in [0.25, 0.3) is 0 Å². The van der Waals surface area contributed by atoms with E-state index in [0.29, 0.717) is 41.7 Å². The summed E-state index contributed by atoms with van der Waals surface area (Å²) in [5.74, 6) is 1.53. The van der Waals surface area contributed by atoms with Crippen molar-refractivity contribution < 1.29 is 23.8 Å². The minimum absolute atomic E-state index is 0.130. The van der Waals surface area contributed by atoms with Crippen LogP contribution >= 0.6 is 0 Å². The van der Waals surface area contributed by atoms with Crippen LogP contribution in [0.2, 0.25) is 0 Å². The van der Waals surface area contributed by atoms with E-state index in [1.165, 1.54) is 0 Å². The van der Waals surface area contributed by atoms with Crippen LogP contribution in [0.3, 0.4) is 0 Å². The van der Waals surface area contributed by atoms with Gasteiger partial charge in [0.15, 0.2) is 18.1 Å². The third kappa shape index (κ3) is 4.04. The number of anilines is 1. The molecule has 6 heteroatoms. The lowest BCUT2D eigenvalue weighted by Crippen LogP contribution is -2.20. The highest BCUT2D eigenvalue weighted by Crippen LogP contribution is 2.32. The van der Waals surface area contributed by atoms with Gasteiger partial charge in [-0.3, -0.25) is 9.59 Å². The molecule has 1 heterocycles. The molecule has 0 fully saturated rings. The number of hydrogen-bond donors (Lipinski definition) is 1. The van der Waals surface area contributed by atoms with Crippen molar-refractivity contribution in [1.82, 2.24) is 0 Å². The van der Waals surface area contributed by atoms with Crippen LogP contribution in [0.15, 0.2) is 42.5 Å². The quantitative estimate of drug-likeness (QED) is 0.855. The standard InChI is InChI=1S/C18H17NO5/c20-11-13-2-5-15(6-3-13)24-12-18(21)19-14-4-7-16-17(10-14)23-9-1-8-22-16/h2-7,10-11H,1,8-9,12H2,(H,19,21). The summed E-state index contributed by atoms with van der Waals surface area (Å²) >= 11 is 0. The van der Waals surface area contributed by atoms with Gasteiger partial charge in [0.2, 0.25) is 0 Å². The van der Waals surface area contributed by atoms with Gasteiger partial charge in [-0.15, -0.1) is 0 Å². The summed E-state index contributed by atoms with van der Waals surface area (Å²) in [4.78, 5) is 22.6. The maximum Gasteiger partial charge on any atom is 0.262 e. The van der Waals surface area contributed by atoms with Crippen molar-refractivity contribution in [3.8, 4) is 17.2 Å². The highest BCUT2D eigenvalue weighted by molar-refractivity contribution is 5.92. The molecule has 1 N–H and O–H groups in total. The zero-order chi connectivity index (χ0) is 16.8. The van der Waals surface area contributed by atoms with Gasteiger partial charge in [0.25, 0.3) is 5.91 Å². The second-order valence-electron chi connectivity index (χ2n) is 5.24. The zero-order valence-corrected chi connectivity index (χ0v) is 13.0. The first kappa shape index (κ1) is 15.9. The second-order valence-corrected chi connectivity index (χ2v) is 5.24. The summed E-state index contributed by atoms with van der Waals surface area (Å²) in [6, 6.07) is 11.8. The number of nitrogens with one attached hydrogen (secondary N) is 1. The molecule has 2 aromatic carbocycles. The molecule has 6 nitrogen and oxygen atoms in total. The van der Waals surface area contributed by atoms with Crippen LogP contribution in [0.4, 0.5) is 5.69 Å². The molecule has 1 aliphatic heterocycles. The van der Waals surface area contributed by atoms with Gasteiger partial charge in [-0.25, -0.2) is 0 Å². The fourth-order valence-corrected chi connectivity index (χ4v) is 2.23. The number of aldehydes is 1. The number of hydrogen-bond acceptors (Lipinski definition) is 5. The summed E-state index contributed by atoms with van der Waals surface area (Å²) in [6.45, 7) is 1.08. The Kier molecular flexibility index (Phi) is 4.96. The van der Waals surface area contributed by atoms with Gasteiger partial charge in [0.1, 0.15) is 12.0 Å². The fourth-order valence-electron chi connectivity index (χ4n) is 2.23. The Labute approximate surface area is 139 Å². The maximum absolute atomic E-state index is 12.0. The molecule has 0 radical (unpaired) electrons. The van der Waals surface area contributed by atoms with Gasteiger partial charge in [-0.2, -0.15) is 0 Å². The fraction of sp³-hybridized carbons (Fsp3) is 0.222. The summed E-state index contributed by atoms with van der Waals surface area (Å²) in [5.41, 5.74) is 1.17. The lowest BCUT2D eigenvalue weighted by molar-refractivity contribution is -0.118. The van der Waals surface area contributed by atoms with Crippen LogP contribution in [0.1, 0.15) is 16.8 Å². The number of fused-ring (bicyclic) bond motifs is 1. The Balaban J connectivity index is 1.56. The van der Waals surface area contributed by atoms with E-state index in [0.717, 1.165) is 12.7 Å². The molecule has 1 aliphatic rings. The maximum atomic E-state index is 12.0. The Morgan fingerprint density at radius 3 is 2.58 bits per heavy atom. The van der Waals surface area contributed by atoms with Crippen molar-refractivity contribution in [3.63, 3.8) is 0 Å². The van der Waals surface area contributed by atoms with Crippen molar-refractivity contribution in [3.05, 3.63) is 48.0 Å². The average molecular weight is 327 g/mol. The van der Waals surface area contributed by atoms with Crippen molar-refractivity contribution in [2.75, 3.05) is 25.1 Å². The molecule has 0 atom stereocenters. The number of amides is 1. The van der Waals surface area contributed by atoms with Crippen LogP contribution in [-0.2, 0) is 4.79 Å². The van der Waals surface area contributed by atoms with E-state index < -0.39 is 0 Å². The number of benzene rings is 2. The summed E-state index contributed by atoms with van der Waals surface area (Å²) < 4.78 is 16.5. The van der Waals surface area contributed by atoms with E-state index >= 15 is 0 Å². The monoisotopic (exact) mass is 327 g/mol. The molecule has 3 rings (SSSR count). The van der Waals surface area contributed by atoms with Crippen molar-refractivity contribution in [1.29, 1.82) is 0 Å². The molecule has 0 aliphatic carbocycles. The largest absolute Gasteiger partial charge is 0.490 e. The number of carbonyl (C=O) groups is 2. The molecule has 124 valence electrons. The first-order chi connectivity index (χ1) is 11.7. The lowest BCUT2D eigenvalue weighted by atomic mass is 10.2. The number of ether oxygens (including phenoxy) is 3. The van der Waals surface area contributed by atoms with Crippen LogP contribution in [-0.4, -0.2) is 32.0 Å². The predicted octanol–water partition coefficient (Wildman–Crippen LogP) is 2.68. The molecule has 1 amide bonds. The van der Waals surface area contributed by atoms with E-state index in [4.69, 9.17) is 14.2 Å². The molecule has 0 saturated heterocycles. The Morgan fingerprint density at radius 1 is 1.08 bits per heavy atom. The van der Waals surface area contributed by atoms with Gasteiger partial charge >= 0.3 is 0 Å². The molecule has 0 unspecified atom stereocenters. The van der Waals surface area contributed by atoms with E-state index in [9.17, 15) is 9.59 Å². The molecule has 0 spiro atoms. The molecule has 2 aromatic rings. The van der Waals surface area contributed by atoms with Gasteiger partial charge in [-0.1, -0.05) is 0 Å². The highest BCUT2D eigenvalue weighted by atomic mass is 16.5. The Hall–Kier alpha value is -3.02. The van der Waals surface area contributed by atoms with Gasteiger partial charge in [0.05, 0.1) is 13.2 Å². The SMILES string of the molecule is O=Cc1ccc(OCC(=O)Nc2ccc3c(c2)OCCCO3)cc1. The third-order valence-electron chi connectivity index (χ3n) is 3.42. The van der Waals surface area contributed by atoms with E-state index in [-0.39, 0.29) is 12.5 Å². The molecule has 0 aromatic heterocycles. The van der Waals surface area contributed by atoms with Crippen LogP contribution in [0, 0.1) is 0 Å². The molecular weight excluding hydrogens is 310 g/mol. The van der Waals surface area contributed by atoms with E-state index in [1.54, 1.807) is 42.5 Å². The molecular formula is C18H17NO5. The summed E-state index contributed by atoms with van der Waals surface area (Å²) in [5, 5.41) is 2.75. The molecule has 24 heavy (non-hydrogen) atoms. The van der Waals surface area contributed by atoms with Crippen molar-refractivity contribution in [2.45, 2.75) is 6.42 Å². The van der Waals surface area contributed by atoms with E-state index in [1.807, 2.05) is 0 Å². The third-order valence-corrected chi connectivity index (χ3v) is 3.42. The minimum atomic E-state index is -0.288. The Morgan fingerprint density at radius 2 is 1.83 bits per heavy atom. The van der Waals surface area contributed by atoms with Crippen LogP contribution in [0.5, 0.6) is 17.2 Å². The highest BCUT2D eigenvalue weighted by Gasteiger charge is 2.12.